The van der Waals surface area contributed by atoms with E-state index < -0.39 is 0 Å². The predicted molar refractivity (Wildman–Crippen MR) is 84.5 cm³/mol. The molecule has 2 saturated heterocycles. The number of aliphatic hydroxyl groups is 1. The number of hydrogen-bond donors (Lipinski definition) is 1. The van der Waals surface area contributed by atoms with Crippen molar-refractivity contribution in [1.82, 2.24) is 10.1 Å². The van der Waals surface area contributed by atoms with Gasteiger partial charge in [0.15, 0.2) is 0 Å². The van der Waals surface area contributed by atoms with Gasteiger partial charge in [-0.2, -0.15) is 23.5 Å². The molecule has 2 fully saturated rings. The minimum Gasteiger partial charge on any atom is -0.391 e. The number of hydrogen-bond acceptors (Lipinski definition) is 6. The zero-order valence-corrected chi connectivity index (χ0v) is 13.5. The summed E-state index contributed by atoms with van der Waals surface area (Å²) < 4.78 is 5.29. The van der Waals surface area contributed by atoms with Crippen LogP contribution in [-0.2, 0) is 6.42 Å². The molecule has 3 heterocycles. The van der Waals surface area contributed by atoms with E-state index in [2.05, 4.69) is 10.1 Å². The number of aryl methyl sites for hydroxylation is 1. The van der Waals surface area contributed by atoms with Crippen LogP contribution in [0, 0.1) is 12.8 Å². The molecular weight excluding hydrogens is 292 g/mol. The first kappa shape index (κ1) is 14.8. The summed E-state index contributed by atoms with van der Waals surface area (Å²) in [6.07, 6.45) is 0.560. The molecule has 112 valence electrons. The summed E-state index contributed by atoms with van der Waals surface area (Å²) in [5, 5.41) is 14.2. The van der Waals surface area contributed by atoms with Crippen molar-refractivity contribution in [1.29, 1.82) is 0 Å². The zero-order chi connectivity index (χ0) is 13.9. The van der Waals surface area contributed by atoms with Gasteiger partial charge in [-0.05, 0) is 6.92 Å². The molecule has 0 unspecified atom stereocenters. The molecule has 20 heavy (non-hydrogen) atoms. The van der Waals surface area contributed by atoms with Crippen molar-refractivity contribution in [3.63, 3.8) is 0 Å². The quantitative estimate of drug-likeness (QED) is 0.916. The Morgan fingerprint density at radius 2 is 2.10 bits per heavy atom. The van der Waals surface area contributed by atoms with Crippen molar-refractivity contribution in [2.45, 2.75) is 25.5 Å². The summed E-state index contributed by atoms with van der Waals surface area (Å²) in [5.41, 5.74) is 0.918. The molecule has 0 radical (unpaired) electrons. The minimum atomic E-state index is -0.237. The van der Waals surface area contributed by atoms with E-state index in [4.69, 9.17) is 4.52 Å². The molecule has 0 bridgehead atoms. The van der Waals surface area contributed by atoms with Crippen LogP contribution in [0.4, 0.5) is 0 Å². The Balaban J connectivity index is 1.58. The summed E-state index contributed by atoms with van der Waals surface area (Å²) in [7, 11) is 0. The highest BCUT2D eigenvalue weighted by Gasteiger charge is 2.35. The number of nitrogens with zero attached hydrogens (tertiary/aromatic N) is 2. The SMILES string of the molecule is Cc1cc(C[C@@H]2CN(C3CSCCSC3)C[C@H]2O)on1. The lowest BCUT2D eigenvalue weighted by Crippen LogP contribution is -2.37. The van der Waals surface area contributed by atoms with E-state index in [0.29, 0.717) is 6.04 Å². The third kappa shape index (κ3) is 3.53. The zero-order valence-electron chi connectivity index (χ0n) is 11.8. The van der Waals surface area contributed by atoms with Crippen LogP contribution in [0.25, 0.3) is 0 Å². The molecule has 6 heteroatoms. The number of thioether (sulfide) groups is 2. The fourth-order valence-corrected chi connectivity index (χ4v) is 5.60. The Labute approximate surface area is 128 Å². The van der Waals surface area contributed by atoms with Crippen molar-refractivity contribution in [3.8, 4) is 0 Å². The van der Waals surface area contributed by atoms with E-state index in [1.54, 1.807) is 0 Å². The third-order valence-corrected chi connectivity index (χ3v) is 6.57. The summed E-state index contributed by atoms with van der Waals surface area (Å²) in [6.45, 7) is 3.72. The van der Waals surface area contributed by atoms with Gasteiger partial charge in [-0.1, -0.05) is 5.16 Å². The molecule has 0 aromatic carbocycles. The van der Waals surface area contributed by atoms with Gasteiger partial charge in [0.2, 0.25) is 0 Å². The van der Waals surface area contributed by atoms with E-state index in [1.807, 2.05) is 36.5 Å². The number of rotatable bonds is 3. The fraction of sp³-hybridized carbons (Fsp3) is 0.786. The van der Waals surface area contributed by atoms with Gasteiger partial charge in [-0.15, -0.1) is 0 Å². The first-order valence-corrected chi connectivity index (χ1v) is 9.53. The second-order valence-corrected chi connectivity index (χ2v) is 8.02. The molecule has 4 nitrogen and oxygen atoms in total. The second kappa shape index (κ2) is 6.73. The normalized spacial score (nSPS) is 29.7. The molecule has 0 saturated carbocycles. The standard InChI is InChI=1S/C14H22N2O2S2/c1-10-4-13(18-15-10)5-11-6-16(7-14(11)17)12-8-19-2-3-20-9-12/h4,11-12,14,17H,2-3,5-9H2,1H3/t11-,14-/m1/s1. The van der Waals surface area contributed by atoms with Crippen LogP contribution in [0.5, 0.6) is 0 Å². The van der Waals surface area contributed by atoms with Crippen LogP contribution < -0.4 is 0 Å². The molecule has 0 spiro atoms. The molecule has 2 atom stereocenters. The molecule has 1 aromatic heterocycles. The van der Waals surface area contributed by atoms with Crippen molar-refractivity contribution in [3.05, 3.63) is 17.5 Å². The molecule has 2 aliphatic rings. The van der Waals surface area contributed by atoms with Crippen molar-refractivity contribution >= 4 is 23.5 Å². The van der Waals surface area contributed by atoms with E-state index in [9.17, 15) is 5.11 Å². The van der Waals surface area contributed by atoms with Crippen molar-refractivity contribution in [2.75, 3.05) is 36.1 Å². The van der Waals surface area contributed by atoms with Crippen LogP contribution in [0.2, 0.25) is 0 Å². The Morgan fingerprint density at radius 3 is 2.75 bits per heavy atom. The Hall–Kier alpha value is -0.170. The average molecular weight is 314 g/mol. The Morgan fingerprint density at radius 1 is 1.35 bits per heavy atom. The van der Waals surface area contributed by atoms with E-state index in [0.717, 1.165) is 31.0 Å². The second-order valence-electron chi connectivity index (χ2n) is 5.72. The number of likely N-dealkylation sites (tertiary alicyclic amines) is 1. The monoisotopic (exact) mass is 314 g/mol. The summed E-state index contributed by atoms with van der Waals surface area (Å²) in [4.78, 5) is 2.48. The van der Waals surface area contributed by atoms with E-state index in [-0.39, 0.29) is 12.0 Å². The van der Waals surface area contributed by atoms with E-state index in [1.165, 1.54) is 23.0 Å². The number of aromatic nitrogens is 1. The van der Waals surface area contributed by atoms with Crippen LogP contribution in [0.1, 0.15) is 11.5 Å². The van der Waals surface area contributed by atoms with Crippen LogP contribution in [-0.4, -0.2) is 63.4 Å². The maximum Gasteiger partial charge on any atom is 0.137 e. The highest BCUT2D eigenvalue weighted by atomic mass is 32.2. The van der Waals surface area contributed by atoms with Gasteiger partial charge >= 0.3 is 0 Å². The average Bonchev–Trinajstić information content (AvgIpc) is 2.88. The molecular formula is C14H22N2O2S2. The van der Waals surface area contributed by atoms with Crippen LogP contribution in [0.15, 0.2) is 10.6 Å². The van der Waals surface area contributed by atoms with Gasteiger partial charge in [0.25, 0.3) is 0 Å². The summed E-state index contributed by atoms with van der Waals surface area (Å²) >= 11 is 4.10. The lowest BCUT2D eigenvalue weighted by molar-refractivity contribution is 0.135. The predicted octanol–water partition coefficient (Wildman–Crippen LogP) is 1.67. The van der Waals surface area contributed by atoms with Gasteiger partial charge in [0, 0.05) is 60.5 Å². The Bertz CT molecular complexity index is 433. The molecule has 1 N–H and O–H groups in total. The first-order valence-electron chi connectivity index (χ1n) is 7.22. The molecule has 2 aliphatic heterocycles. The van der Waals surface area contributed by atoms with Gasteiger partial charge in [0.05, 0.1) is 11.8 Å². The smallest absolute Gasteiger partial charge is 0.137 e. The Kier molecular flexibility index (Phi) is 4.96. The number of aliphatic hydroxyl groups excluding tert-OH is 1. The van der Waals surface area contributed by atoms with Gasteiger partial charge in [-0.25, -0.2) is 0 Å². The lowest BCUT2D eigenvalue weighted by Gasteiger charge is -2.25. The highest BCUT2D eigenvalue weighted by Crippen LogP contribution is 2.27. The third-order valence-electron chi connectivity index (χ3n) is 4.08. The maximum absolute atomic E-state index is 10.3. The van der Waals surface area contributed by atoms with Gasteiger partial charge in [-0.3, -0.25) is 4.90 Å². The fourth-order valence-electron chi connectivity index (χ4n) is 2.97. The molecule has 0 aliphatic carbocycles. The van der Waals surface area contributed by atoms with Gasteiger partial charge in [0.1, 0.15) is 5.76 Å². The van der Waals surface area contributed by atoms with Crippen LogP contribution >= 0.6 is 23.5 Å². The molecule has 3 rings (SSSR count). The van der Waals surface area contributed by atoms with Gasteiger partial charge < -0.3 is 9.63 Å². The lowest BCUT2D eigenvalue weighted by atomic mass is 10.0. The maximum atomic E-state index is 10.3. The van der Waals surface area contributed by atoms with E-state index >= 15 is 0 Å². The largest absolute Gasteiger partial charge is 0.391 e. The van der Waals surface area contributed by atoms with Crippen molar-refractivity contribution in [2.24, 2.45) is 5.92 Å². The first-order chi connectivity index (χ1) is 9.72. The molecule has 0 amide bonds. The topological polar surface area (TPSA) is 49.5 Å². The number of β-amino-alcohol motifs (C(OH)–C–C–N with tert-alkyl or cyclic N) is 1. The minimum absolute atomic E-state index is 0.237. The van der Waals surface area contributed by atoms with Crippen molar-refractivity contribution < 1.29 is 9.63 Å². The summed E-state index contributed by atoms with van der Waals surface area (Å²) in [5.74, 6) is 6.11. The summed E-state index contributed by atoms with van der Waals surface area (Å²) in [6, 6.07) is 2.59. The molecule has 1 aromatic rings. The highest BCUT2D eigenvalue weighted by molar-refractivity contribution is 8.03. The van der Waals surface area contributed by atoms with Crippen LogP contribution in [0.3, 0.4) is 0 Å².